The number of carbonyl (C=O) groups is 2. The van der Waals surface area contributed by atoms with Crippen molar-refractivity contribution in [3.05, 3.63) is 30.1 Å². The molecule has 5 heteroatoms. The van der Waals surface area contributed by atoms with Crippen LogP contribution in [0, 0.1) is 0 Å². The number of hydrogen-bond acceptors (Lipinski definition) is 5. The van der Waals surface area contributed by atoms with Crippen molar-refractivity contribution >= 4 is 11.9 Å². The van der Waals surface area contributed by atoms with E-state index in [1.54, 1.807) is 24.5 Å². The van der Waals surface area contributed by atoms with Crippen LogP contribution in [0.3, 0.4) is 0 Å². The Hall–Kier alpha value is -1.75. The average Bonchev–Trinajstić information content (AvgIpc) is 2.18. The first-order chi connectivity index (χ1) is 7.09. The van der Waals surface area contributed by atoms with Gasteiger partial charge in [-0.1, -0.05) is 0 Å². The Balaban J connectivity index is 2.52. The van der Waals surface area contributed by atoms with Gasteiger partial charge in [-0.15, -0.1) is 0 Å². The van der Waals surface area contributed by atoms with E-state index < -0.39 is 18.0 Å². The lowest BCUT2D eigenvalue weighted by molar-refractivity contribution is -0.159. The van der Waals surface area contributed by atoms with Gasteiger partial charge in [0.1, 0.15) is 6.04 Å². The molecule has 0 aromatic carbocycles. The molecule has 1 rings (SSSR count). The van der Waals surface area contributed by atoms with E-state index in [9.17, 15) is 9.59 Å². The highest BCUT2D eigenvalue weighted by molar-refractivity contribution is 5.87. The number of carbonyl (C=O) groups excluding carboxylic acids is 2. The van der Waals surface area contributed by atoms with Crippen LogP contribution in [0.2, 0.25) is 0 Å². The van der Waals surface area contributed by atoms with E-state index in [4.69, 9.17) is 5.73 Å². The maximum Gasteiger partial charge on any atom is 0.330 e. The summed E-state index contributed by atoms with van der Waals surface area (Å²) in [5.74, 6) is -1.36. The number of nitrogens with two attached hydrogens (primary N) is 1. The molecule has 5 nitrogen and oxygen atoms in total. The van der Waals surface area contributed by atoms with Gasteiger partial charge in [-0.25, -0.2) is 4.79 Å². The first-order valence-electron chi connectivity index (χ1n) is 4.46. The summed E-state index contributed by atoms with van der Waals surface area (Å²) in [5.41, 5.74) is 6.42. The lowest BCUT2D eigenvalue weighted by Gasteiger charge is -2.08. The highest BCUT2D eigenvalue weighted by atomic mass is 16.6. The Morgan fingerprint density at radius 3 is 2.60 bits per heavy atom. The maximum absolute atomic E-state index is 11.2. The summed E-state index contributed by atoms with van der Waals surface area (Å²) in [5, 5.41) is 0. The normalized spacial score (nSPS) is 11.9. The minimum Gasteiger partial charge on any atom is -0.392 e. The van der Waals surface area contributed by atoms with Crippen molar-refractivity contribution in [1.82, 2.24) is 4.98 Å². The highest BCUT2D eigenvalue weighted by Crippen LogP contribution is 2.01. The van der Waals surface area contributed by atoms with Gasteiger partial charge >= 0.3 is 11.9 Å². The monoisotopic (exact) mass is 208 g/mol. The zero-order chi connectivity index (χ0) is 11.3. The van der Waals surface area contributed by atoms with E-state index in [1.165, 1.54) is 0 Å². The van der Waals surface area contributed by atoms with Crippen LogP contribution in [0.25, 0.3) is 0 Å². The van der Waals surface area contributed by atoms with E-state index in [0.29, 0.717) is 6.42 Å². The Kier molecular flexibility index (Phi) is 3.93. The number of hydrogen-bond donors (Lipinski definition) is 1. The molecule has 0 radical (unpaired) electrons. The molecule has 2 N–H and O–H groups in total. The summed E-state index contributed by atoms with van der Waals surface area (Å²) in [6, 6.07) is 2.68. The van der Waals surface area contributed by atoms with Crippen molar-refractivity contribution in [1.29, 1.82) is 0 Å². The number of rotatable bonds is 3. The molecule has 1 heterocycles. The minimum absolute atomic E-state index is 0.328. The third-order valence-corrected chi connectivity index (χ3v) is 1.75. The Bertz CT molecular complexity index is 351. The van der Waals surface area contributed by atoms with Gasteiger partial charge in [0.05, 0.1) is 0 Å². The van der Waals surface area contributed by atoms with Crippen LogP contribution in [0.5, 0.6) is 0 Å². The van der Waals surface area contributed by atoms with Crippen molar-refractivity contribution in [2.45, 2.75) is 19.4 Å². The fourth-order valence-corrected chi connectivity index (χ4v) is 1.07. The van der Waals surface area contributed by atoms with Gasteiger partial charge in [0.2, 0.25) is 0 Å². The van der Waals surface area contributed by atoms with Crippen molar-refractivity contribution in [3.8, 4) is 0 Å². The van der Waals surface area contributed by atoms with E-state index in [0.717, 1.165) is 12.5 Å². The van der Waals surface area contributed by atoms with Gasteiger partial charge in [0, 0.05) is 19.3 Å². The second kappa shape index (κ2) is 5.21. The van der Waals surface area contributed by atoms with Gasteiger partial charge < -0.3 is 10.5 Å². The van der Waals surface area contributed by atoms with Crippen molar-refractivity contribution in [3.63, 3.8) is 0 Å². The van der Waals surface area contributed by atoms with E-state index in [-0.39, 0.29) is 0 Å². The third kappa shape index (κ3) is 3.86. The molecule has 0 bridgehead atoms. The summed E-state index contributed by atoms with van der Waals surface area (Å²) in [6.07, 6.45) is 3.55. The lowest BCUT2D eigenvalue weighted by Crippen LogP contribution is -2.35. The van der Waals surface area contributed by atoms with Gasteiger partial charge in [-0.05, 0) is 24.1 Å². The quantitative estimate of drug-likeness (QED) is 0.560. The summed E-state index contributed by atoms with van der Waals surface area (Å²) in [4.78, 5) is 25.5. The topological polar surface area (TPSA) is 82.3 Å². The van der Waals surface area contributed by atoms with Crippen molar-refractivity contribution in [2.24, 2.45) is 5.73 Å². The fraction of sp³-hybridized carbons (Fsp3) is 0.300. The van der Waals surface area contributed by atoms with Crippen LogP contribution in [0.4, 0.5) is 0 Å². The molecule has 0 aliphatic rings. The summed E-state index contributed by atoms with van der Waals surface area (Å²) >= 11 is 0. The van der Waals surface area contributed by atoms with Crippen LogP contribution < -0.4 is 5.73 Å². The van der Waals surface area contributed by atoms with Gasteiger partial charge in [0.25, 0.3) is 0 Å². The molecule has 0 aliphatic heterocycles. The number of esters is 2. The number of ether oxygens (including phenoxy) is 1. The van der Waals surface area contributed by atoms with Gasteiger partial charge in [0.15, 0.2) is 0 Å². The van der Waals surface area contributed by atoms with Gasteiger partial charge in [-0.2, -0.15) is 0 Å². The summed E-state index contributed by atoms with van der Waals surface area (Å²) < 4.78 is 4.37. The van der Waals surface area contributed by atoms with E-state index in [1.807, 2.05) is 0 Å². The molecule has 15 heavy (non-hydrogen) atoms. The van der Waals surface area contributed by atoms with Crippen molar-refractivity contribution in [2.75, 3.05) is 0 Å². The number of aromatic nitrogens is 1. The van der Waals surface area contributed by atoms with Crippen LogP contribution in [0.15, 0.2) is 24.5 Å². The van der Waals surface area contributed by atoms with E-state index >= 15 is 0 Å². The molecule has 0 aliphatic carbocycles. The predicted octanol–water partition coefficient (Wildman–Crippen LogP) is 0.0411. The molecule has 1 aromatic rings. The zero-order valence-electron chi connectivity index (χ0n) is 8.34. The molecular weight excluding hydrogens is 196 g/mol. The molecule has 1 aromatic heterocycles. The smallest absolute Gasteiger partial charge is 0.330 e. The first kappa shape index (κ1) is 11.3. The first-order valence-corrected chi connectivity index (χ1v) is 4.46. The molecule has 0 saturated heterocycles. The lowest BCUT2D eigenvalue weighted by atomic mass is 10.1. The number of pyridine rings is 1. The average molecular weight is 208 g/mol. The highest BCUT2D eigenvalue weighted by Gasteiger charge is 2.17. The second-order valence-electron chi connectivity index (χ2n) is 3.08. The Morgan fingerprint density at radius 2 is 2.07 bits per heavy atom. The standard InChI is InChI=1S/C10H12N2O3/c1-7(13)15-10(14)9(11)6-8-2-4-12-5-3-8/h2-5,9H,6,11H2,1H3/t9-/m1/s1. The van der Waals surface area contributed by atoms with Gasteiger partial charge in [-0.3, -0.25) is 9.78 Å². The third-order valence-electron chi connectivity index (χ3n) is 1.75. The van der Waals surface area contributed by atoms with E-state index in [2.05, 4.69) is 9.72 Å². The second-order valence-corrected chi connectivity index (χ2v) is 3.08. The zero-order valence-corrected chi connectivity index (χ0v) is 8.34. The Labute approximate surface area is 87.3 Å². The molecule has 0 unspecified atom stereocenters. The largest absolute Gasteiger partial charge is 0.392 e. The fourth-order valence-electron chi connectivity index (χ4n) is 1.07. The summed E-state index contributed by atoms with van der Waals surface area (Å²) in [7, 11) is 0. The molecule has 0 spiro atoms. The molecule has 0 fully saturated rings. The molecular formula is C10H12N2O3. The molecule has 1 atom stereocenters. The minimum atomic E-state index is -0.823. The molecule has 80 valence electrons. The molecule has 0 saturated carbocycles. The van der Waals surface area contributed by atoms with Crippen LogP contribution in [-0.2, 0) is 20.7 Å². The van der Waals surface area contributed by atoms with Crippen LogP contribution in [-0.4, -0.2) is 23.0 Å². The summed E-state index contributed by atoms with van der Waals surface area (Å²) in [6.45, 7) is 1.16. The van der Waals surface area contributed by atoms with Crippen LogP contribution in [0.1, 0.15) is 12.5 Å². The molecule has 0 amide bonds. The maximum atomic E-state index is 11.2. The predicted molar refractivity (Wildman–Crippen MR) is 52.7 cm³/mol. The van der Waals surface area contributed by atoms with Crippen LogP contribution >= 0.6 is 0 Å². The number of nitrogens with zero attached hydrogens (tertiary/aromatic N) is 1. The Morgan fingerprint density at radius 1 is 1.47 bits per heavy atom. The van der Waals surface area contributed by atoms with Crippen molar-refractivity contribution < 1.29 is 14.3 Å². The SMILES string of the molecule is CC(=O)OC(=O)[C@H](N)Cc1ccncc1.